The fraction of sp³-hybridized carbons (Fsp3) is 0.250. The van der Waals surface area contributed by atoms with Gasteiger partial charge in [0, 0.05) is 12.1 Å². The van der Waals surface area contributed by atoms with Gasteiger partial charge in [0.15, 0.2) is 5.75 Å². The molecule has 4 nitrogen and oxygen atoms in total. The molecule has 0 aromatic heterocycles. The fourth-order valence-corrected chi connectivity index (χ4v) is 2.34. The highest BCUT2D eigenvalue weighted by Crippen LogP contribution is 2.29. The lowest BCUT2D eigenvalue weighted by Crippen LogP contribution is -2.03. The minimum absolute atomic E-state index is 0.0561. The Morgan fingerprint density at radius 2 is 1.76 bits per heavy atom. The summed E-state index contributed by atoms with van der Waals surface area (Å²) in [6, 6.07) is 7.24. The van der Waals surface area contributed by atoms with E-state index in [1.807, 2.05) is 32.9 Å². The van der Waals surface area contributed by atoms with Gasteiger partial charge in [-0.05, 0) is 43.5 Å². The zero-order valence-corrected chi connectivity index (χ0v) is 12.1. The van der Waals surface area contributed by atoms with Gasteiger partial charge in [-0.2, -0.15) is 0 Å². The molecule has 0 radical (unpaired) electrons. The third kappa shape index (κ3) is 3.37. The molecule has 110 valence electrons. The molecular formula is C16H16FNO3. The Morgan fingerprint density at radius 1 is 1.14 bits per heavy atom. The smallest absolute Gasteiger partial charge is 0.311 e. The van der Waals surface area contributed by atoms with Crippen molar-refractivity contribution in [3.63, 3.8) is 0 Å². The predicted octanol–water partition coefficient (Wildman–Crippen LogP) is 4.24. The van der Waals surface area contributed by atoms with E-state index in [4.69, 9.17) is 4.74 Å². The minimum atomic E-state index is -0.580. The van der Waals surface area contributed by atoms with Crippen molar-refractivity contribution in [2.45, 2.75) is 27.4 Å². The first-order chi connectivity index (χ1) is 9.88. The Labute approximate surface area is 122 Å². The molecule has 0 aliphatic carbocycles. The molecule has 0 bridgehead atoms. The summed E-state index contributed by atoms with van der Waals surface area (Å²) in [6.45, 7) is 6.08. The van der Waals surface area contributed by atoms with Gasteiger partial charge in [0.2, 0.25) is 0 Å². The summed E-state index contributed by atoms with van der Waals surface area (Å²) < 4.78 is 18.7. The van der Waals surface area contributed by atoms with E-state index in [-0.39, 0.29) is 18.0 Å². The second-order valence-corrected chi connectivity index (χ2v) is 5.04. The molecule has 0 fully saturated rings. The van der Waals surface area contributed by atoms with E-state index in [0.717, 1.165) is 40.5 Å². The number of hydrogen-bond acceptors (Lipinski definition) is 3. The number of hydrogen-bond donors (Lipinski definition) is 0. The third-order valence-corrected chi connectivity index (χ3v) is 3.33. The molecule has 2 aromatic rings. The van der Waals surface area contributed by atoms with E-state index in [1.165, 1.54) is 0 Å². The summed E-state index contributed by atoms with van der Waals surface area (Å²) in [5, 5.41) is 10.9. The van der Waals surface area contributed by atoms with Crippen LogP contribution in [-0.4, -0.2) is 4.92 Å². The number of nitro benzene ring substituents is 1. The molecule has 0 N–H and O–H groups in total. The predicted molar refractivity (Wildman–Crippen MR) is 78.0 cm³/mol. The molecule has 0 aliphatic rings. The van der Waals surface area contributed by atoms with Gasteiger partial charge in [-0.25, -0.2) is 4.39 Å². The van der Waals surface area contributed by atoms with Crippen molar-refractivity contribution in [3.8, 4) is 5.75 Å². The van der Waals surface area contributed by atoms with E-state index in [1.54, 1.807) is 0 Å². The Balaban J connectivity index is 2.28. The molecule has 0 atom stereocenters. The number of ether oxygens (including phenoxy) is 1. The minimum Gasteiger partial charge on any atom is -0.482 e. The van der Waals surface area contributed by atoms with Crippen molar-refractivity contribution in [2.24, 2.45) is 0 Å². The first-order valence-corrected chi connectivity index (χ1v) is 6.52. The van der Waals surface area contributed by atoms with Gasteiger partial charge >= 0.3 is 5.69 Å². The third-order valence-electron chi connectivity index (χ3n) is 3.33. The molecule has 0 saturated carbocycles. The fourth-order valence-electron chi connectivity index (χ4n) is 2.34. The van der Waals surface area contributed by atoms with Crippen LogP contribution in [0.25, 0.3) is 0 Å². The lowest BCUT2D eigenvalue weighted by Gasteiger charge is -2.13. The molecule has 0 saturated heterocycles. The molecule has 0 aliphatic heterocycles. The van der Waals surface area contributed by atoms with Gasteiger partial charge in [-0.1, -0.05) is 17.7 Å². The summed E-state index contributed by atoms with van der Waals surface area (Å²) in [6.07, 6.45) is 0. The van der Waals surface area contributed by atoms with Gasteiger partial charge in [-0.15, -0.1) is 0 Å². The summed E-state index contributed by atoms with van der Waals surface area (Å²) in [5.41, 5.74) is 3.96. The maximum Gasteiger partial charge on any atom is 0.311 e. The molecule has 21 heavy (non-hydrogen) atoms. The van der Waals surface area contributed by atoms with Crippen LogP contribution in [0.2, 0.25) is 0 Å². The number of rotatable bonds is 4. The number of nitrogens with zero attached hydrogens (tertiary/aromatic N) is 1. The van der Waals surface area contributed by atoms with Crippen LogP contribution in [0.4, 0.5) is 10.1 Å². The van der Waals surface area contributed by atoms with Crippen LogP contribution in [0.15, 0.2) is 30.3 Å². The lowest BCUT2D eigenvalue weighted by molar-refractivity contribution is -0.386. The van der Waals surface area contributed by atoms with E-state index in [0.29, 0.717) is 0 Å². The summed E-state index contributed by atoms with van der Waals surface area (Å²) in [5.74, 6) is -0.618. The highest BCUT2D eigenvalue weighted by Gasteiger charge is 2.16. The SMILES string of the molecule is Cc1cc(C)c(COc2cc(F)ccc2[N+](=O)[O-])c(C)c1. The average Bonchev–Trinajstić information content (AvgIpc) is 2.37. The number of aryl methyl sites for hydroxylation is 3. The second-order valence-electron chi connectivity index (χ2n) is 5.04. The molecule has 0 unspecified atom stereocenters. The largest absolute Gasteiger partial charge is 0.482 e. The molecule has 0 heterocycles. The van der Waals surface area contributed by atoms with Gasteiger partial charge < -0.3 is 4.74 Å². The van der Waals surface area contributed by atoms with Crippen molar-refractivity contribution in [2.75, 3.05) is 0 Å². The Hall–Kier alpha value is -2.43. The molecule has 5 heteroatoms. The van der Waals surface area contributed by atoms with Crippen molar-refractivity contribution in [3.05, 3.63) is 68.5 Å². The van der Waals surface area contributed by atoms with Gasteiger partial charge in [-0.3, -0.25) is 10.1 Å². The van der Waals surface area contributed by atoms with Crippen LogP contribution >= 0.6 is 0 Å². The molecule has 2 aromatic carbocycles. The summed E-state index contributed by atoms with van der Waals surface area (Å²) >= 11 is 0. The van der Waals surface area contributed by atoms with Gasteiger partial charge in [0.25, 0.3) is 0 Å². The van der Waals surface area contributed by atoms with Crippen LogP contribution < -0.4 is 4.74 Å². The second kappa shape index (κ2) is 5.91. The Bertz CT molecular complexity index is 675. The number of halogens is 1. The van der Waals surface area contributed by atoms with Crippen LogP contribution in [0, 0.1) is 36.7 Å². The monoisotopic (exact) mass is 289 g/mol. The van der Waals surface area contributed by atoms with Crippen LogP contribution in [0.1, 0.15) is 22.3 Å². The first kappa shape index (κ1) is 15.0. The molecule has 2 rings (SSSR count). The number of benzene rings is 2. The van der Waals surface area contributed by atoms with Crippen molar-refractivity contribution in [1.82, 2.24) is 0 Å². The van der Waals surface area contributed by atoms with E-state index < -0.39 is 10.7 Å². The average molecular weight is 289 g/mol. The molecule has 0 amide bonds. The van der Waals surface area contributed by atoms with Crippen LogP contribution in [-0.2, 0) is 6.61 Å². The Kier molecular flexibility index (Phi) is 4.21. The van der Waals surface area contributed by atoms with Crippen LogP contribution in [0.3, 0.4) is 0 Å². The van der Waals surface area contributed by atoms with Crippen molar-refractivity contribution < 1.29 is 14.1 Å². The summed E-state index contributed by atoms with van der Waals surface area (Å²) in [7, 11) is 0. The first-order valence-electron chi connectivity index (χ1n) is 6.52. The van der Waals surface area contributed by atoms with Crippen LogP contribution in [0.5, 0.6) is 5.75 Å². The lowest BCUT2D eigenvalue weighted by atomic mass is 10.0. The summed E-state index contributed by atoms with van der Waals surface area (Å²) in [4.78, 5) is 10.3. The standard InChI is InChI=1S/C16H16FNO3/c1-10-6-11(2)14(12(3)7-10)9-21-16-8-13(17)4-5-15(16)18(19)20/h4-8H,9H2,1-3H3. The quantitative estimate of drug-likeness (QED) is 0.625. The maximum absolute atomic E-state index is 13.2. The zero-order chi connectivity index (χ0) is 15.6. The van der Waals surface area contributed by atoms with Gasteiger partial charge in [0.05, 0.1) is 4.92 Å². The highest BCUT2D eigenvalue weighted by molar-refractivity contribution is 5.46. The maximum atomic E-state index is 13.2. The topological polar surface area (TPSA) is 52.4 Å². The normalized spacial score (nSPS) is 10.5. The Morgan fingerprint density at radius 3 is 2.33 bits per heavy atom. The highest BCUT2D eigenvalue weighted by atomic mass is 19.1. The zero-order valence-electron chi connectivity index (χ0n) is 12.1. The van der Waals surface area contributed by atoms with Crippen molar-refractivity contribution >= 4 is 5.69 Å². The van der Waals surface area contributed by atoms with Crippen molar-refractivity contribution in [1.29, 1.82) is 0 Å². The number of nitro groups is 1. The molecular weight excluding hydrogens is 273 g/mol. The molecule has 0 spiro atoms. The van der Waals surface area contributed by atoms with E-state index in [2.05, 4.69) is 0 Å². The van der Waals surface area contributed by atoms with E-state index >= 15 is 0 Å². The van der Waals surface area contributed by atoms with Gasteiger partial charge in [0.1, 0.15) is 12.4 Å². The van der Waals surface area contributed by atoms with E-state index in [9.17, 15) is 14.5 Å².